The maximum absolute atomic E-state index is 11.5. The number of hydrogen-bond donors (Lipinski definition) is 0. The Balaban J connectivity index is 3.30. The van der Waals surface area contributed by atoms with Gasteiger partial charge in [0.2, 0.25) is 0 Å². The largest absolute Gasteiger partial charge is 0.369 e. The average molecular weight is 264 g/mol. The van der Waals surface area contributed by atoms with Crippen molar-refractivity contribution in [3.8, 4) is 0 Å². The fourth-order valence-corrected chi connectivity index (χ4v) is 1.76. The second-order valence-corrected chi connectivity index (χ2v) is 5.24. The molecule has 5 heteroatoms. The summed E-state index contributed by atoms with van der Waals surface area (Å²) in [5, 5.41) is 10.9. The smallest absolute Gasteiger partial charge is 0.280 e. The van der Waals surface area contributed by atoms with Gasteiger partial charge in [0.05, 0.1) is 10.5 Å². The van der Waals surface area contributed by atoms with Crippen LogP contribution in [0.1, 0.15) is 44.5 Å². The lowest BCUT2D eigenvalue weighted by Gasteiger charge is -2.36. The molecule has 0 aromatic heterocycles. The number of rotatable bonds is 5. The highest BCUT2D eigenvalue weighted by atomic mass is 16.6. The van der Waals surface area contributed by atoms with Crippen LogP contribution in [0.3, 0.4) is 0 Å². The molecule has 1 aromatic carbocycles. The molecule has 1 aromatic rings. The molecule has 0 aliphatic heterocycles. The highest BCUT2D eigenvalue weighted by molar-refractivity contribution is 5.99. The number of nitro groups is 1. The van der Waals surface area contributed by atoms with E-state index in [2.05, 4.69) is 20.8 Å². The summed E-state index contributed by atoms with van der Waals surface area (Å²) in [5.41, 5.74) is 0.743. The molecule has 0 saturated heterocycles. The Labute approximate surface area is 113 Å². The number of nitro benzene ring substituents is 1. The molecule has 0 atom stereocenters. The first kappa shape index (κ1) is 15.1. The van der Waals surface area contributed by atoms with Crippen molar-refractivity contribution in [2.24, 2.45) is 0 Å². The Morgan fingerprint density at radius 1 is 1.42 bits per heavy atom. The summed E-state index contributed by atoms with van der Waals surface area (Å²) in [6.45, 7) is 7.59. The van der Waals surface area contributed by atoms with E-state index in [4.69, 9.17) is 0 Å². The van der Waals surface area contributed by atoms with Gasteiger partial charge in [-0.3, -0.25) is 14.9 Å². The predicted molar refractivity (Wildman–Crippen MR) is 75.9 cm³/mol. The Morgan fingerprint density at radius 2 is 2.00 bits per heavy atom. The van der Waals surface area contributed by atoms with E-state index in [1.54, 1.807) is 12.1 Å². The van der Waals surface area contributed by atoms with Gasteiger partial charge in [-0.25, -0.2) is 0 Å². The summed E-state index contributed by atoms with van der Waals surface area (Å²) in [5.74, 6) is -0.295. The van der Waals surface area contributed by atoms with Crippen LogP contribution in [-0.4, -0.2) is 23.3 Å². The van der Waals surface area contributed by atoms with E-state index in [0.29, 0.717) is 0 Å². The zero-order chi connectivity index (χ0) is 14.8. The molecule has 0 aliphatic carbocycles. The Kier molecular flexibility index (Phi) is 4.29. The Bertz CT molecular complexity index is 509. The third-order valence-electron chi connectivity index (χ3n) is 3.72. The lowest BCUT2D eigenvalue weighted by Crippen LogP contribution is -2.40. The molecule has 0 N–H and O–H groups in total. The molecule has 0 saturated carbocycles. The average Bonchev–Trinajstić information content (AvgIpc) is 2.36. The van der Waals surface area contributed by atoms with Gasteiger partial charge in [0.15, 0.2) is 5.78 Å². The number of hydrogen-bond acceptors (Lipinski definition) is 4. The molecule has 0 spiro atoms. The highest BCUT2D eigenvalue weighted by Crippen LogP contribution is 2.29. The lowest BCUT2D eigenvalue weighted by molar-refractivity contribution is -0.385. The minimum atomic E-state index is -0.522. The fraction of sp³-hybridized carbons (Fsp3) is 0.500. The number of carbonyl (C=O) groups is 1. The van der Waals surface area contributed by atoms with Gasteiger partial charge in [0, 0.05) is 24.3 Å². The topological polar surface area (TPSA) is 63.4 Å². The van der Waals surface area contributed by atoms with Crippen LogP contribution < -0.4 is 4.90 Å². The monoisotopic (exact) mass is 264 g/mol. The van der Waals surface area contributed by atoms with Crippen LogP contribution in [0, 0.1) is 10.1 Å². The molecular weight excluding hydrogens is 244 g/mol. The summed E-state index contributed by atoms with van der Waals surface area (Å²) < 4.78 is 0. The first-order chi connectivity index (χ1) is 8.70. The van der Waals surface area contributed by atoms with E-state index in [-0.39, 0.29) is 22.6 Å². The predicted octanol–water partition coefficient (Wildman–Crippen LogP) is 3.42. The maximum atomic E-state index is 11.5. The minimum absolute atomic E-state index is 0.0792. The molecule has 0 fully saturated rings. The first-order valence-electron chi connectivity index (χ1n) is 6.24. The first-order valence-corrected chi connectivity index (χ1v) is 6.24. The molecule has 0 aliphatic rings. The lowest BCUT2D eigenvalue weighted by atomic mass is 9.98. The molecule has 19 heavy (non-hydrogen) atoms. The van der Waals surface area contributed by atoms with Crippen molar-refractivity contribution >= 4 is 17.2 Å². The van der Waals surface area contributed by atoms with E-state index >= 15 is 0 Å². The number of Topliss-reactive ketones (excluding diaryl/α,β-unsaturated/α-hetero) is 1. The molecule has 0 amide bonds. The van der Waals surface area contributed by atoms with Crippen molar-refractivity contribution in [1.29, 1.82) is 0 Å². The van der Waals surface area contributed by atoms with Crippen molar-refractivity contribution in [2.75, 3.05) is 11.9 Å². The van der Waals surface area contributed by atoms with Gasteiger partial charge in [-0.2, -0.15) is 0 Å². The third kappa shape index (κ3) is 3.10. The highest BCUT2D eigenvalue weighted by Gasteiger charge is 2.24. The Hall–Kier alpha value is -1.91. The van der Waals surface area contributed by atoms with Crippen LogP contribution >= 0.6 is 0 Å². The second kappa shape index (κ2) is 5.38. The van der Waals surface area contributed by atoms with Crippen molar-refractivity contribution in [1.82, 2.24) is 0 Å². The molecule has 0 bridgehead atoms. The van der Waals surface area contributed by atoms with Crippen LogP contribution in [0.4, 0.5) is 11.4 Å². The van der Waals surface area contributed by atoms with Gasteiger partial charge < -0.3 is 4.90 Å². The summed E-state index contributed by atoms with van der Waals surface area (Å²) in [6, 6.07) is 4.67. The molecule has 1 rings (SSSR count). The molecule has 0 heterocycles. The summed E-state index contributed by atoms with van der Waals surface area (Å²) in [6.07, 6.45) is 0.926. The van der Waals surface area contributed by atoms with Crippen molar-refractivity contribution in [3.05, 3.63) is 33.9 Å². The zero-order valence-corrected chi connectivity index (χ0v) is 12.1. The molecule has 5 nitrogen and oxygen atoms in total. The van der Waals surface area contributed by atoms with Crippen LogP contribution in [-0.2, 0) is 0 Å². The normalized spacial score (nSPS) is 11.2. The number of carbonyl (C=O) groups excluding carboxylic acids is 1. The van der Waals surface area contributed by atoms with E-state index in [1.165, 1.54) is 13.0 Å². The fourth-order valence-electron chi connectivity index (χ4n) is 1.76. The summed E-state index contributed by atoms with van der Waals surface area (Å²) >= 11 is 0. The summed E-state index contributed by atoms with van der Waals surface area (Å²) in [4.78, 5) is 24.0. The molecule has 0 radical (unpaired) electrons. The van der Waals surface area contributed by atoms with Gasteiger partial charge in [0.25, 0.3) is 5.69 Å². The van der Waals surface area contributed by atoms with Crippen LogP contribution in [0.5, 0.6) is 0 Å². The number of ketones is 1. The number of nitrogens with zero attached hydrogens (tertiary/aromatic N) is 2. The van der Waals surface area contributed by atoms with Gasteiger partial charge >= 0.3 is 0 Å². The van der Waals surface area contributed by atoms with E-state index in [9.17, 15) is 14.9 Å². The van der Waals surface area contributed by atoms with Gasteiger partial charge in [-0.15, -0.1) is 0 Å². The SMILES string of the molecule is CCC(C)(C)N(C)c1ccc([N+](=O)[O-])c(C(C)=O)c1. The van der Waals surface area contributed by atoms with E-state index < -0.39 is 4.92 Å². The van der Waals surface area contributed by atoms with Gasteiger partial charge in [0.1, 0.15) is 0 Å². The van der Waals surface area contributed by atoms with Crippen molar-refractivity contribution in [3.63, 3.8) is 0 Å². The maximum Gasteiger partial charge on any atom is 0.280 e. The van der Waals surface area contributed by atoms with Crippen molar-refractivity contribution in [2.45, 2.75) is 39.7 Å². The van der Waals surface area contributed by atoms with Gasteiger partial charge in [-0.05, 0) is 39.3 Å². The Morgan fingerprint density at radius 3 is 2.42 bits per heavy atom. The quantitative estimate of drug-likeness (QED) is 0.464. The van der Waals surface area contributed by atoms with Crippen LogP contribution in [0.25, 0.3) is 0 Å². The summed E-state index contributed by atoms with van der Waals surface area (Å²) in [7, 11) is 1.93. The number of benzene rings is 1. The third-order valence-corrected chi connectivity index (χ3v) is 3.72. The minimum Gasteiger partial charge on any atom is -0.369 e. The van der Waals surface area contributed by atoms with Gasteiger partial charge in [-0.1, -0.05) is 6.92 Å². The van der Waals surface area contributed by atoms with Crippen molar-refractivity contribution < 1.29 is 9.72 Å². The van der Waals surface area contributed by atoms with E-state index in [1.807, 2.05) is 11.9 Å². The van der Waals surface area contributed by atoms with E-state index in [0.717, 1.165) is 12.1 Å². The zero-order valence-electron chi connectivity index (χ0n) is 12.1. The van der Waals surface area contributed by atoms with Crippen LogP contribution in [0.15, 0.2) is 18.2 Å². The van der Waals surface area contributed by atoms with Crippen LogP contribution in [0.2, 0.25) is 0 Å². The molecule has 104 valence electrons. The standard InChI is InChI=1S/C14H20N2O3/c1-6-14(3,4)15(5)11-7-8-13(16(18)19)12(9-11)10(2)17/h7-9H,6H2,1-5H3. The number of anilines is 1. The second-order valence-electron chi connectivity index (χ2n) is 5.24. The molecule has 0 unspecified atom stereocenters. The molecular formula is C14H20N2O3.